The number of benzene rings is 1. The van der Waals surface area contributed by atoms with Crippen molar-refractivity contribution in [2.45, 2.75) is 0 Å². The average molecular weight is 379 g/mol. The second-order valence-electron chi connectivity index (χ2n) is 6.23. The number of aromatic nitrogens is 3. The van der Waals surface area contributed by atoms with Gasteiger partial charge in [0.05, 0.1) is 31.5 Å². The second kappa shape index (κ2) is 7.17. The highest BCUT2D eigenvalue weighted by atomic mass is 16.5. The van der Waals surface area contributed by atoms with Gasteiger partial charge in [-0.25, -0.2) is 9.50 Å². The van der Waals surface area contributed by atoms with Gasteiger partial charge in [-0.05, 0) is 18.2 Å². The Bertz CT molecular complexity index is 1100. The lowest BCUT2D eigenvalue weighted by Gasteiger charge is -2.26. The summed E-state index contributed by atoms with van der Waals surface area (Å²) in [5.74, 6) is 0.397. The van der Waals surface area contributed by atoms with Crippen molar-refractivity contribution in [2.24, 2.45) is 0 Å². The number of phenolic OH excluding ortho intramolecular Hbond substituents is 1. The minimum Gasteiger partial charge on any atom is -0.507 e. The first-order valence-corrected chi connectivity index (χ1v) is 8.65. The maximum Gasteiger partial charge on any atom is 0.199 e. The van der Waals surface area contributed by atoms with E-state index in [2.05, 4.69) is 16.2 Å². The average Bonchev–Trinajstić information content (AvgIpc) is 3.12. The fraction of sp³-hybridized carbons (Fsp3) is 0.263. The van der Waals surface area contributed by atoms with Gasteiger partial charge in [0.1, 0.15) is 23.1 Å². The van der Waals surface area contributed by atoms with Crippen molar-refractivity contribution in [3.63, 3.8) is 0 Å². The minimum atomic E-state index is -0.423. The standard InChI is InChI=1S/C19H17N5O4/c1-27-13-2-3-16(25)14(8-13)17(26)12-10-21-18-15(9-20)19(22-24(18)11-12)23-4-6-28-7-5-23/h2-3,8,10-11,25H,4-7H2,1H3. The molecule has 1 saturated heterocycles. The topological polar surface area (TPSA) is 113 Å². The van der Waals surface area contributed by atoms with Gasteiger partial charge in [0, 0.05) is 25.5 Å². The number of methoxy groups -OCH3 is 1. The number of carbonyl (C=O) groups excluding carboxylic acids is 1. The maximum atomic E-state index is 12.9. The summed E-state index contributed by atoms with van der Waals surface area (Å²) in [5.41, 5.74) is 1.05. The van der Waals surface area contributed by atoms with E-state index in [1.807, 2.05) is 4.90 Å². The quantitative estimate of drug-likeness (QED) is 0.677. The number of hydrogen-bond donors (Lipinski definition) is 1. The smallest absolute Gasteiger partial charge is 0.199 e. The summed E-state index contributed by atoms with van der Waals surface area (Å²) in [5, 5.41) is 24.1. The molecule has 3 heterocycles. The monoisotopic (exact) mass is 379 g/mol. The molecule has 1 aromatic carbocycles. The highest BCUT2D eigenvalue weighted by Gasteiger charge is 2.23. The Labute approximate surface area is 160 Å². The summed E-state index contributed by atoms with van der Waals surface area (Å²) in [4.78, 5) is 19.1. The highest BCUT2D eigenvalue weighted by molar-refractivity contribution is 6.10. The molecule has 3 aromatic rings. The van der Waals surface area contributed by atoms with E-state index in [4.69, 9.17) is 9.47 Å². The van der Waals surface area contributed by atoms with Crippen LogP contribution in [0.2, 0.25) is 0 Å². The Morgan fingerprint density at radius 1 is 1.36 bits per heavy atom. The molecule has 0 unspecified atom stereocenters. The van der Waals surface area contributed by atoms with Crippen molar-refractivity contribution in [1.29, 1.82) is 5.26 Å². The Hall–Kier alpha value is -3.64. The first-order chi connectivity index (χ1) is 13.6. The predicted molar refractivity (Wildman–Crippen MR) is 98.8 cm³/mol. The number of ether oxygens (including phenoxy) is 2. The SMILES string of the molecule is COc1ccc(O)c(C(=O)c2cnc3c(C#N)c(N4CCOCC4)nn3c2)c1. The van der Waals surface area contributed by atoms with Gasteiger partial charge in [-0.15, -0.1) is 5.10 Å². The van der Waals surface area contributed by atoms with Gasteiger partial charge in [-0.2, -0.15) is 5.26 Å². The fourth-order valence-electron chi connectivity index (χ4n) is 3.12. The molecule has 4 rings (SSSR count). The number of nitrogens with zero attached hydrogens (tertiary/aromatic N) is 5. The number of anilines is 1. The summed E-state index contributed by atoms with van der Waals surface area (Å²) < 4.78 is 11.9. The highest BCUT2D eigenvalue weighted by Crippen LogP contribution is 2.27. The zero-order valence-corrected chi connectivity index (χ0v) is 15.1. The van der Waals surface area contributed by atoms with E-state index in [1.165, 1.54) is 36.2 Å². The van der Waals surface area contributed by atoms with Crippen LogP contribution < -0.4 is 9.64 Å². The normalized spacial score (nSPS) is 14.1. The maximum absolute atomic E-state index is 12.9. The van der Waals surface area contributed by atoms with Gasteiger partial charge in [0.25, 0.3) is 0 Å². The lowest BCUT2D eigenvalue weighted by Crippen LogP contribution is -2.36. The third kappa shape index (κ3) is 3.00. The molecule has 0 atom stereocenters. The number of ketones is 1. The van der Waals surface area contributed by atoms with Gasteiger partial charge in [-0.1, -0.05) is 0 Å². The van der Waals surface area contributed by atoms with E-state index in [-0.39, 0.29) is 16.9 Å². The largest absolute Gasteiger partial charge is 0.507 e. The third-order valence-electron chi connectivity index (χ3n) is 4.59. The van der Waals surface area contributed by atoms with Crippen molar-refractivity contribution < 1.29 is 19.4 Å². The zero-order chi connectivity index (χ0) is 19.7. The number of hydrogen-bond acceptors (Lipinski definition) is 8. The molecule has 0 aliphatic carbocycles. The van der Waals surface area contributed by atoms with Crippen LogP contribution in [0.3, 0.4) is 0 Å². The number of phenols is 1. The van der Waals surface area contributed by atoms with Crippen molar-refractivity contribution in [3.8, 4) is 17.6 Å². The van der Waals surface area contributed by atoms with Crippen molar-refractivity contribution >= 4 is 17.2 Å². The molecule has 1 N–H and O–H groups in total. The van der Waals surface area contributed by atoms with Gasteiger partial charge in [0.2, 0.25) is 0 Å². The van der Waals surface area contributed by atoms with Crippen LogP contribution in [0, 0.1) is 11.3 Å². The molecule has 0 amide bonds. The Morgan fingerprint density at radius 3 is 2.86 bits per heavy atom. The molecule has 0 spiro atoms. The molecular formula is C19H17N5O4. The molecule has 1 fully saturated rings. The first-order valence-electron chi connectivity index (χ1n) is 8.65. The number of morpholine rings is 1. The lowest BCUT2D eigenvalue weighted by molar-refractivity contribution is 0.103. The fourth-order valence-corrected chi connectivity index (χ4v) is 3.12. The van der Waals surface area contributed by atoms with Crippen LogP contribution in [0.1, 0.15) is 21.5 Å². The summed E-state index contributed by atoms with van der Waals surface area (Å²) >= 11 is 0. The number of aromatic hydroxyl groups is 1. The summed E-state index contributed by atoms with van der Waals surface area (Å²) in [6.07, 6.45) is 2.89. The van der Waals surface area contributed by atoms with E-state index in [9.17, 15) is 15.2 Å². The van der Waals surface area contributed by atoms with E-state index in [0.29, 0.717) is 49.1 Å². The van der Waals surface area contributed by atoms with E-state index in [1.54, 1.807) is 6.07 Å². The number of nitriles is 1. The van der Waals surface area contributed by atoms with E-state index in [0.717, 1.165) is 0 Å². The molecule has 2 aromatic heterocycles. The van der Waals surface area contributed by atoms with Crippen LogP contribution in [0.5, 0.6) is 11.5 Å². The van der Waals surface area contributed by atoms with Crippen molar-refractivity contribution in [2.75, 3.05) is 38.3 Å². The van der Waals surface area contributed by atoms with Gasteiger partial charge < -0.3 is 19.5 Å². The first kappa shape index (κ1) is 17.8. The molecule has 1 aliphatic heterocycles. The Morgan fingerprint density at radius 2 is 2.14 bits per heavy atom. The van der Waals surface area contributed by atoms with E-state index < -0.39 is 5.78 Å². The van der Waals surface area contributed by atoms with Crippen LogP contribution in [-0.2, 0) is 4.74 Å². The third-order valence-corrected chi connectivity index (χ3v) is 4.59. The van der Waals surface area contributed by atoms with Gasteiger partial charge >= 0.3 is 0 Å². The number of carbonyl (C=O) groups is 1. The van der Waals surface area contributed by atoms with Crippen LogP contribution in [0.15, 0.2) is 30.6 Å². The summed E-state index contributed by atoms with van der Waals surface area (Å²) in [7, 11) is 1.48. The predicted octanol–water partition coefficient (Wildman–Crippen LogP) is 1.38. The van der Waals surface area contributed by atoms with Crippen LogP contribution in [0.4, 0.5) is 5.82 Å². The van der Waals surface area contributed by atoms with Crippen LogP contribution in [-0.4, -0.2) is 58.9 Å². The molecule has 1 aliphatic rings. The second-order valence-corrected chi connectivity index (χ2v) is 6.23. The van der Waals surface area contributed by atoms with Crippen LogP contribution in [0.25, 0.3) is 5.65 Å². The van der Waals surface area contributed by atoms with Gasteiger partial charge in [0.15, 0.2) is 17.2 Å². The Balaban J connectivity index is 1.76. The van der Waals surface area contributed by atoms with Crippen molar-refractivity contribution in [1.82, 2.24) is 14.6 Å². The lowest BCUT2D eigenvalue weighted by atomic mass is 10.0. The van der Waals surface area contributed by atoms with Crippen LogP contribution >= 0.6 is 0 Å². The molecule has 9 nitrogen and oxygen atoms in total. The molecule has 28 heavy (non-hydrogen) atoms. The zero-order valence-electron chi connectivity index (χ0n) is 15.1. The van der Waals surface area contributed by atoms with Gasteiger partial charge in [-0.3, -0.25) is 4.79 Å². The molecule has 0 saturated carbocycles. The Kier molecular flexibility index (Phi) is 4.55. The molecular weight excluding hydrogens is 362 g/mol. The molecule has 142 valence electrons. The summed E-state index contributed by atoms with van der Waals surface area (Å²) in [6, 6.07) is 6.58. The number of fused-ring (bicyclic) bond motifs is 1. The summed E-state index contributed by atoms with van der Waals surface area (Å²) in [6.45, 7) is 2.38. The van der Waals surface area contributed by atoms with Crippen molar-refractivity contribution in [3.05, 3.63) is 47.3 Å². The molecule has 0 radical (unpaired) electrons. The number of rotatable bonds is 4. The molecule has 0 bridgehead atoms. The minimum absolute atomic E-state index is 0.0987. The molecule has 9 heteroatoms. The van der Waals surface area contributed by atoms with E-state index >= 15 is 0 Å².